The molecule has 3 aromatic rings. The zero-order chi connectivity index (χ0) is 21.0. The molecule has 1 atom stereocenters. The van der Waals surface area contributed by atoms with Crippen molar-refractivity contribution in [1.82, 2.24) is 5.27 Å². The molecule has 0 fully saturated rings. The number of carbonyl (C=O) groups excluding carboxylic acids is 1. The lowest BCUT2D eigenvalue weighted by atomic mass is 10.2. The molecule has 0 aliphatic heterocycles. The third kappa shape index (κ3) is 4.80. The molecule has 3 rings (SSSR count). The van der Waals surface area contributed by atoms with Crippen LogP contribution in [0, 0.1) is 5.82 Å². The van der Waals surface area contributed by atoms with E-state index in [0.717, 1.165) is 11.8 Å². The molecule has 1 aromatic heterocycles. The molecule has 0 bridgehead atoms. The summed E-state index contributed by atoms with van der Waals surface area (Å²) in [5.41, 5.74) is 0.409. The van der Waals surface area contributed by atoms with E-state index in [0.29, 0.717) is 23.5 Å². The SMILES string of the molecule is CCC(Sc1c(=O)o[nH][n+]1-c1ccc(OC)cc1)C(=O)Nc1ccc(F)c(Cl)c1. The first-order valence-electron chi connectivity index (χ1n) is 8.63. The van der Waals surface area contributed by atoms with E-state index in [4.69, 9.17) is 20.9 Å². The molecule has 2 aromatic carbocycles. The van der Waals surface area contributed by atoms with Crippen molar-refractivity contribution in [3.63, 3.8) is 0 Å². The highest BCUT2D eigenvalue weighted by molar-refractivity contribution is 8.00. The van der Waals surface area contributed by atoms with E-state index in [1.54, 1.807) is 31.4 Å². The first kappa shape index (κ1) is 20.9. The standard InChI is InChI=1S/C19H17ClFN3O4S/c1-3-16(17(25)22-11-4-9-15(21)14(20)10-11)29-18-19(26)28-23-24(18)12-5-7-13(27-2)8-6-12/h4-10,16H,3H2,1-2H3,(H-,22,23,25,26)/p+1. The third-order valence-corrected chi connectivity index (χ3v) is 5.74. The summed E-state index contributed by atoms with van der Waals surface area (Å²) >= 11 is 6.82. The van der Waals surface area contributed by atoms with Crippen molar-refractivity contribution in [3.8, 4) is 11.4 Å². The number of aromatic nitrogens is 2. The van der Waals surface area contributed by atoms with E-state index in [1.165, 1.54) is 22.9 Å². The normalized spacial score (nSPS) is 11.9. The number of thioether (sulfide) groups is 1. The highest BCUT2D eigenvalue weighted by Crippen LogP contribution is 2.24. The van der Waals surface area contributed by atoms with Crippen LogP contribution < -0.4 is 20.4 Å². The van der Waals surface area contributed by atoms with Gasteiger partial charge in [-0.05, 0) is 58.5 Å². The molecular weight excluding hydrogens is 421 g/mol. The second kappa shape index (κ2) is 9.15. The Morgan fingerprint density at radius 3 is 2.69 bits per heavy atom. The van der Waals surface area contributed by atoms with Gasteiger partial charge in [0.2, 0.25) is 11.6 Å². The number of nitrogens with one attached hydrogen (secondary N) is 2. The lowest BCUT2D eigenvalue weighted by molar-refractivity contribution is -0.704. The Kier molecular flexibility index (Phi) is 6.60. The van der Waals surface area contributed by atoms with Gasteiger partial charge in [-0.15, -0.1) is 0 Å². The van der Waals surface area contributed by atoms with Crippen LogP contribution in [0.4, 0.5) is 10.1 Å². The minimum atomic E-state index is -0.595. The number of rotatable bonds is 7. The minimum Gasteiger partial charge on any atom is -0.497 e. The highest BCUT2D eigenvalue weighted by Gasteiger charge is 2.30. The summed E-state index contributed by atoms with van der Waals surface area (Å²) in [4.78, 5) is 24.9. The van der Waals surface area contributed by atoms with Gasteiger partial charge < -0.3 is 10.1 Å². The molecule has 10 heteroatoms. The van der Waals surface area contributed by atoms with Crippen LogP contribution in [0.5, 0.6) is 5.75 Å². The number of hydrogen-bond acceptors (Lipinski definition) is 5. The largest absolute Gasteiger partial charge is 0.497 e. The first-order valence-corrected chi connectivity index (χ1v) is 9.89. The topological polar surface area (TPSA) is 88.2 Å². The van der Waals surface area contributed by atoms with Gasteiger partial charge >= 0.3 is 10.7 Å². The first-order chi connectivity index (χ1) is 13.9. The fourth-order valence-electron chi connectivity index (χ4n) is 2.52. The lowest BCUT2D eigenvalue weighted by Gasteiger charge is -2.12. The maximum Gasteiger partial charge on any atom is 0.442 e. The Morgan fingerprint density at radius 1 is 1.34 bits per heavy atom. The number of carbonyl (C=O) groups is 1. The Morgan fingerprint density at radius 2 is 2.07 bits per heavy atom. The predicted molar refractivity (Wildman–Crippen MR) is 107 cm³/mol. The minimum absolute atomic E-state index is 0.0906. The van der Waals surface area contributed by atoms with Crippen molar-refractivity contribution >= 4 is 35.0 Å². The molecule has 1 unspecified atom stereocenters. The van der Waals surface area contributed by atoms with Gasteiger partial charge in [-0.25, -0.2) is 9.18 Å². The second-order valence-electron chi connectivity index (χ2n) is 5.95. The van der Waals surface area contributed by atoms with Gasteiger partial charge in [0.15, 0.2) is 0 Å². The average Bonchev–Trinajstić information content (AvgIpc) is 3.09. The van der Waals surface area contributed by atoms with Crippen molar-refractivity contribution in [2.75, 3.05) is 12.4 Å². The number of H-pyrrole nitrogens is 1. The maximum absolute atomic E-state index is 13.3. The predicted octanol–water partition coefficient (Wildman–Crippen LogP) is 3.56. The molecule has 0 saturated carbocycles. The van der Waals surface area contributed by atoms with E-state index in [9.17, 15) is 14.0 Å². The molecular formula is C19H18ClFN3O4S+. The van der Waals surface area contributed by atoms with Crippen molar-refractivity contribution in [1.29, 1.82) is 0 Å². The molecule has 29 heavy (non-hydrogen) atoms. The average molecular weight is 439 g/mol. The Labute approximate surface area is 174 Å². The van der Waals surface area contributed by atoms with Crippen LogP contribution in [-0.4, -0.2) is 23.5 Å². The highest BCUT2D eigenvalue weighted by atomic mass is 35.5. The number of halogens is 2. The zero-order valence-corrected chi connectivity index (χ0v) is 17.1. The van der Waals surface area contributed by atoms with Gasteiger partial charge in [0.25, 0.3) is 0 Å². The van der Waals surface area contributed by atoms with Gasteiger partial charge in [0, 0.05) is 17.8 Å². The van der Waals surface area contributed by atoms with Crippen LogP contribution >= 0.6 is 23.4 Å². The number of anilines is 1. The molecule has 0 aliphatic carbocycles. The van der Waals surface area contributed by atoms with Gasteiger partial charge in [0.05, 0.1) is 17.4 Å². The second-order valence-corrected chi connectivity index (χ2v) is 7.55. The number of amides is 1. The smallest absolute Gasteiger partial charge is 0.442 e. The summed E-state index contributed by atoms with van der Waals surface area (Å²) in [5, 5.41) is 4.75. The molecule has 2 N–H and O–H groups in total. The van der Waals surface area contributed by atoms with Crippen molar-refractivity contribution in [3.05, 3.63) is 63.7 Å². The summed E-state index contributed by atoms with van der Waals surface area (Å²) < 4.78 is 24.8. The molecule has 0 saturated heterocycles. The van der Waals surface area contributed by atoms with Gasteiger partial charge in [-0.2, -0.15) is 0 Å². The number of ether oxygens (including phenoxy) is 1. The van der Waals surface area contributed by atoms with Crippen LogP contribution in [0.2, 0.25) is 5.02 Å². The van der Waals surface area contributed by atoms with E-state index in [2.05, 4.69) is 10.6 Å². The number of nitrogens with zero attached hydrogens (tertiary/aromatic N) is 1. The molecule has 152 valence electrons. The fraction of sp³-hybridized carbons (Fsp3) is 0.211. The summed E-state index contributed by atoms with van der Waals surface area (Å²) in [6.45, 7) is 1.82. The number of aromatic amines is 1. The van der Waals surface area contributed by atoms with Gasteiger partial charge in [-0.1, -0.05) is 18.5 Å². The van der Waals surface area contributed by atoms with Crippen molar-refractivity contribution in [2.24, 2.45) is 0 Å². The Balaban J connectivity index is 1.81. The van der Waals surface area contributed by atoms with E-state index in [-0.39, 0.29) is 16.0 Å². The van der Waals surface area contributed by atoms with Crippen molar-refractivity contribution < 1.29 is 23.1 Å². The van der Waals surface area contributed by atoms with Gasteiger partial charge in [-0.3, -0.25) is 9.32 Å². The van der Waals surface area contributed by atoms with Crippen LogP contribution in [0.3, 0.4) is 0 Å². The van der Waals surface area contributed by atoms with Crippen LogP contribution in [0.15, 0.2) is 56.8 Å². The molecule has 0 radical (unpaired) electrons. The molecule has 0 aliphatic rings. The number of benzene rings is 2. The Bertz CT molecular complexity index is 1070. The van der Waals surface area contributed by atoms with Crippen LogP contribution in [0.25, 0.3) is 5.69 Å². The van der Waals surface area contributed by atoms with Gasteiger partial charge in [0.1, 0.15) is 11.6 Å². The molecule has 0 spiro atoms. The summed E-state index contributed by atoms with van der Waals surface area (Å²) in [5.74, 6) is -0.253. The van der Waals surface area contributed by atoms with Crippen molar-refractivity contribution in [2.45, 2.75) is 23.6 Å². The summed E-state index contributed by atoms with van der Waals surface area (Å²) in [7, 11) is 1.56. The fourth-order valence-corrected chi connectivity index (χ4v) is 3.69. The molecule has 1 amide bonds. The number of hydrogen-bond donors (Lipinski definition) is 2. The third-order valence-electron chi connectivity index (χ3n) is 4.04. The zero-order valence-electron chi connectivity index (χ0n) is 15.6. The summed E-state index contributed by atoms with van der Waals surface area (Å²) in [6.07, 6.45) is 0.443. The summed E-state index contributed by atoms with van der Waals surface area (Å²) in [6, 6.07) is 10.9. The van der Waals surface area contributed by atoms with E-state index >= 15 is 0 Å². The lowest BCUT2D eigenvalue weighted by Crippen LogP contribution is -2.37. The Hall–Kier alpha value is -2.78. The molecule has 7 nitrogen and oxygen atoms in total. The molecule has 1 heterocycles. The van der Waals surface area contributed by atoms with Crippen LogP contribution in [-0.2, 0) is 4.79 Å². The quantitative estimate of drug-likeness (QED) is 0.435. The monoisotopic (exact) mass is 438 g/mol. The van der Waals surface area contributed by atoms with E-state index < -0.39 is 16.7 Å². The van der Waals surface area contributed by atoms with Crippen LogP contribution in [0.1, 0.15) is 13.3 Å². The maximum atomic E-state index is 13.3. The number of methoxy groups -OCH3 is 1. The van der Waals surface area contributed by atoms with E-state index in [1.807, 2.05) is 6.92 Å².